The standard InChI is InChI=1S/C25H38N2O2Si/c1-15(2)17-11-12-19(18(17)13-14-29-30(7,8)25(4,5)6)22-21-16(3)9-10-20(21)24(28)23(22)27-26/h12-13,15,17,20-22H,3,9-11,14H2,1-2,4-8H3/b18-13+/t17-,20+,21-,22+/m0/s1. The normalized spacial score (nSPS) is 31.0. The summed E-state index contributed by atoms with van der Waals surface area (Å²) in [5.74, 6) is 0.753. The highest BCUT2D eigenvalue weighted by atomic mass is 28.4. The number of rotatable bonds is 5. The van der Waals surface area contributed by atoms with Crippen molar-refractivity contribution in [2.45, 2.75) is 72.0 Å². The molecule has 3 aliphatic carbocycles. The van der Waals surface area contributed by atoms with Gasteiger partial charge in [0, 0.05) is 11.8 Å². The van der Waals surface area contributed by atoms with E-state index in [1.807, 2.05) is 0 Å². The summed E-state index contributed by atoms with van der Waals surface area (Å²) in [7, 11) is -1.84. The monoisotopic (exact) mass is 426 g/mol. The Bertz CT molecular complexity index is 853. The van der Waals surface area contributed by atoms with Crippen LogP contribution in [0.4, 0.5) is 0 Å². The average molecular weight is 427 g/mol. The summed E-state index contributed by atoms with van der Waals surface area (Å²) in [5.41, 5.74) is 13.6. The molecule has 3 aliphatic rings. The molecule has 30 heavy (non-hydrogen) atoms. The molecular weight excluding hydrogens is 388 g/mol. The molecule has 2 fully saturated rings. The molecule has 3 rings (SSSR count). The zero-order valence-corrected chi connectivity index (χ0v) is 20.8. The molecule has 0 saturated heterocycles. The highest BCUT2D eigenvalue weighted by Gasteiger charge is 2.58. The first kappa shape index (κ1) is 23.1. The lowest BCUT2D eigenvalue weighted by molar-refractivity contribution is -0.119. The van der Waals surface area contributed by atoms with Crippen molar-refractivity contribution in [3.63, 3.8) is 0 Å². The van der Waals surface area contributed by atoms with Gasteiger partial charge in [0.2, 0.25) is 5.78 Å². The molecular formula is C25H38N2O2Si. The van der Waals surface area contributed by atoms with Crippen LogP contribution in [0, 0.1) is 29.6 Å². The minimum atomic E-state index is -1.84. The second kappa shape index (κ2) is 8.18. The first-order valence-corrected chi connectivity index (χ1v) is 14.3. The summed E-state index contributed by atoms with van der Waals surface area (Å²) in [6, 6.07) is 0. The second-order valence-corrected chi connectivity index (χ2v) is 15.9. The van der Waals surface area contributed by atoms with Gasteiger partial charge in [-0.1, -0.05) is 58.9 Å². The van der Waals surface area contributed by atoms with E-state index in [9.17, 15) is 10.3 Å². The first-order valence-electron chi connectivity index (χ1n) is 11.4. The van der Waals surface area contributed by atoms with Crippen molar-refractivity contribution in [1.29, 1.82) is 0 Å². The smallest absolute Gasteiger partial charge is 0.342 e. The van der Waals surface area contributed by atoms with Gasteiger partial charge in [-0.05, 0) is 60.4 Å². The highest BCUT2D eigenvalue weighted by molar-refractivity contribution is 6.74. The predicted molar refractivity (Wildman–Crippen MR) is 125 cm³/mol. The van der Waals surface area contributed by atoms with E-state index in [4.69, 9.17) is 4.43 Å². The predicted octanol–water partition coefficient (Wildman–Crippen LogP) is 5.99. The van der Waals surface area contributed by atoms with E-state index in [0.717, 1.165) is 24.8 Å². The molecule has 4 nitrogen and oxygen atoms in total. The van der Waals surface area contributed by atoms with Gasteiger partial charge in [-0.3, -0.25) is 4.79 Å². The van der Waals surface area contributed by atoms with Gasteiger partial charge in [-0.25, -0.2) is 0 Å². The Morgan fingerprint density at radius 3 is 2.60 bits per heavy atom. The lowest BCUT2D eigenvalue weighted by Gasteiger charge is -2.36. The lowest BCUT2D eigenvalue weighted by atomic mass is 9.78. The zero-order valence-electron chi connectivity index (χ0n) is 19.8. The van der Waals surface area contributed by atoms with Gasteiger partial charge in [-0.15, -0.1) is 0 Å². The SMILES string of the molecule is C=C1CC[C@H]2C(=O)C(=[N+]=[N-])[C@H](C3=CC[C@@H](C(C)C)/C3=C\CO[Si](C)(C)C(C)(C)C)[C@@H]12. The zero-order chi connectivity index (χ0) is 22.4. The molecule has 0 aliphatic heterocycles. The molecule has 164 valence electrons. The fourth-order valence-corrected chi connectivity index (χ4v) is 6.11. The van der Waals surface area contributed by atoms with Crippen molar-refractivity contribution >= 4 is 19.8 Å². The molecule has 0 N–H and O–H groups in total. The maximum atomic E-state index is 12.9. The van der Waals surface area contributed by atoms with Crippen molar-refractivity contribution in [3.8, 4) is 0 Å². The van der Waals surface area contributed by atoms with Crippen molar-refractivity contribution in [1.82, 2.24) is 0 Å². The van der Waals surface area contributed by atoms with Crippen LogP contribution in [-0.2, 0) is 9.22 Å². The highest BCUT2D eigenvalue weighted by Crippen LogP contribution is 2.53. The number of fused-ring (bicyclic) bond motifs is 1. The first-order chi connectivity index (χ1) is 13.9. The van der Waals surface area contributed by atoms with E-state index in [-0.39, 0.29) is 28.6 Å². The van der Waals surface area contributed by atoms with Gasteiger partial charge in [0.15, 0.2) is 8.32 Å². The number of nitrogens with zero attached hydrogens (tertiary/aromatic N) is 2. The van der Waals surface area contributed by atoms with Crippen LogP contribution in [-0.4, -0.2) is 31.2 Å². The molecule has 0 aromatic carbocycles. The number of ketones is 1. The van der Waals surface area contributed by atoms with Crippen LogP contribution < -0.4 is 0 Å². The summed E-state index contributed by atoms with van der Waals surface area (Å²) in [6.07, 6.45) is 7.21. The third kappa shape index (κ3) is 3.88. The van der Waals surface area contributed by atoms with Crippen LogP contribution in [0.25, 0.3) is 5.53 Å². The van der Waals surface area contributed by atoms with Crippen molar-refractivity contribution in [3.05, 3.63) is 41.0 Å². The Kier molecular flexibility index (Phi) is 6.30. The van der Waals surface area contributed by atoms with Crippen molar-refractivity contribution < 1.29 is 14.0 Å². The minimum absolute atomic E-state index is 0.0110. The molecule has 0 heterocycles. The van der Waals surface area contributed by atoms with E-state index in [1.54, 1.807) is 0 Å². The Hall–Kier alpha value is -1.55. The molecule has 5 heteroatoms. The Labute approximate surface area is 183 Å². The molecule has 0 aromatic rings. The molecule has 4 atom stereocenters. The van der Waals surface area contributed by atoms with E-state index >= 15 is 0 Å². The number of hydrogen-bond donors (Lipinski definition) is 0. The lowest BCUT2D eigenvalue weighted by Crippen LogP contribution is -2.40. The topological polar surface area (TPSA) is 62.7 Å². The van der Waals surface area contributed by atoms with E-state index in [0.29, 0.717) is 24.2 Å². The van der Waals surface area contributed by atoms with Gasteiger partial charge >= 0.3 is 5.71 Å². The molecule has 0 bridgehead atoms. The van der Waals surface area contributed by atoms with E-state index in [2.05, 4.69) is 71.2 Å². The van der Waals surface area contributed by atoms with E-state index < -0.39 is 8.32 Å². The molecule has 0 spiro atoms. The van der Waals surface area contributed by atoms with Crippen LogP contribution in [0.2, 0.25) is 18.1 Å². The third-order valence-electron chi connectivity index (χ3n) is 8.05. The van der Waals surface area contributed by atoms with Crippen LogP contribution in [0.3, 0.4) is 0 Å². The van der Waals surface area contributed by atoms with Gasteiger partial charge in [0.25, 0.3) is 0 Å². The maximum Gasteiger partial charge on any atom is 0.342 e. The quantitative estimate of drug-likeness (QED) is 0.235. The largest absolute Gasteiger partial charge is 0.413 e. The van der Waals surface area contributed by atoms with Gasteiger partial charge in [0.1, 0.15) is 0 Å². The summed E-state index contributed by atoms with van der Waals surface area (Å²) < 4.78 is 6.45. The summed E-state index contributed by atoms with van der Waals surface area (Å²) in [6.45, 7) is 20.7. The average Bonchev–Trinajstić information content (AvgIpc) is 3.29. The third-order valence-corrected chi connectivity index (χ3v) is 12.6. The molecule has 0 aromatic heterocycles. The summed E-state index contributed by atoms with van der Waals surface area (Å²) in [5, 5.41) is 0.167. The second-order valence-electron chi connectivity index (χ2n) is 11.1. The van der Waals surface area contributed by atoms with Crippen LogP contribution in [0.5, 0.6) is 0 Å². The number of Topliss-reactive ketones (excluding diaryl/α,β-unsaturated/α-hetero) is 1. The Morgan fingerprint density at radius 2 is 2.03 bits per heavy atom. The molecule has 0 unspecified atom stereocenters. The fraction of sp³-hybridized carbons (Fsp3) is 0.680. The summed E-state index contributed by atoms with van der Waals surface area (Å²) >= 11 is 0. The Balaban J connectivity index is 1.94. The minimum Gasteiger partial charge on any atom is -0.413 e. The van der Waals surface area contributed by atoms with E-state index in [1.165, 1.54) is 11.1 Å². The molecule has 0 amide bonds. The van der Waals surface area contributed by atoms with Crippen LogP contribution in [0.1, 0.15) is 53.9 Å². The number of carbonyl (C=O) groups excluding carboxylic acids is 1. The fourth-order valence-electron chi connectivity index (χ4n) is 5.18. The number of hydrogen-bond acceptors (Lipinski definition) is 2. The van der Waals surface area contributed by atoms with Gasteiger partial charge in [0.05, 0.1) is 12.5 Å². The van der Waals surface area contributed by atoms with Crippen molar-refractivity contribution in [2.75, 3.05) is 6.61 Å². The van der Waals surface area contributed by atoms with Crippen LogP contribution >= 0.6 is 0 Å². The summed E-state index contributed by atoms with van der Waals surface area (Å²) in [4.78, 5) is 16.4. The molecule has 0 radical (unpaired) electrons. The molecule has 2 saturated carbocycles. The van der Waals surface area contributed by atoms with Gasteiger partial charge in [-0.2, -0.15) is 4.79 Å². The maximum absolute atomic E-state index is 12.9. The Morgan fingerprint density at radius 1 is 1.37 bits per heavy atom. The van der Waals surface area contributed by atoms with Crippen LogP contribution in [0.15, 0.2) is 35.5 Å². The van der Waals surface area contributed by atoms with Gasteiger partial charge < -0.3 is 9.96 Å². The van der Waals surface area contributed by atoms with Crippen molar-refractivity contribution in [2.24, 2.45) is 29.6 Å². The number of allylic oxidation sites excluding steroid dienone is 4. The number of carbonyl (C=O) groups is 1.